The Morgan fingerprint density at radius 3 is 2.39 bits per heavy atom. The van der Waals surface area contributed by atoms with E-state index in [4.69, 9.17) is 4.98 Å². The van der Waals surface area contributed by atoms with Crippen molar-refractivity contribution < 1.29 is 8.42 Å². The van der Waals surface area contributed by atoms with Crippen LogP contribution in [0.15, 0.2) is 42.7 Å². The lowest BCUT2D eigenvalue weighted by atomic mass is 9.93. The average Bonchev–Trinajstić information content (AvgIpc) is 3.11. The summed E-state index contributed by atoms with van der Waals surface area (Å²) in [5.41, 5.74) is 4.98. The molecule has 0 spiro atoms. The van der Waals surface area contributed by atoms with E-state index in [1.165, 1.54) is 6.26 Å². The first-order valence-corrected chi connectivity index (χ1v) is 11.6. The second-order valence-electron chi connectivity index (χ2n) is 7.81. The minimum absolute atomic E-state index is 0.250. The first-order chi connectivity index (χ1) is 13.3. The molecule has 0 amide bonds. The van der Waals surface area contributed by atoms with Gasteiger partial charge < -0.3 is 4.57 Å². The van der Waals surface area contributed by atoms with Gasteiger partial charge in [-0.15, -0.1) is 0 Å². The van der Waals surface area contributed by atoms with Gasteiger partial charge in [-0.2, -0.15) is 0 Å². The molecule has 0 saturated carbocycles. The summed E-state index contributed by atoms with van der Waals surface area (Å²) >= 11 is 0. The number of hydrogen-bond acceptors (Lipinski definition) is 4. The van der Waals surface area contributed by atoms with E-state index in [-0.39, 0.29) is 5.92 Å². The van der Waals surface area contributed by atoms with E-state index in [9.17, 15) is 8.42 Å². The Hall–Kier alpha value is -2.25. The van der Waals surface area contributed by atoms with Crippen LogP contribution in [0.4, 0.5) is 0 Å². The number of piperidine rings is 1. The van der Waals surface area contributed by atoms with Gasteiger partial charge in [-0.3, -0.25) is 4.98 Å². The zero-order valence-electron chi connectivity index (χ0n) is 16.5. The minimum Gasteiger partial charge on any atom is -0.328 e. The van der Waals surface area contributed by atoms with Crippen molar-refractivity contribution in [2.45, 2.75) is 38.6 Å². The van der Waals surface area contributed by atoms with Crippen molar-refractivity contribution in [2.75, 3.05) is 19.3 Å². The summed E-state index contributed by atoms with van der Waals surface area (Å²) in [6, 6.07) is 12.6. The third-order valence-corrected chi connectivity index (χ3v) is 6.83. The lowest BCUT2D eigenvalue weighted by Gasteiger charge is -2.30. The Balaban J connectivity index is 1.78. The number of rotatable bonds is 4. The Kier molecular flexibility index (Phi) is 4.97. The number of nitrogens with zero attached hydrogens (tertiary/aromatic N) is 4. The maximum Gasteiger partial charge on any atom is 0.211 e. The van der Waals surface area contributed by atoms with E-state index in [0.29, 0.717) is 19.1 Å². The Morgan fingerprint density at radius 1 is 1.11 bits per heavy atom. The fourth-order valence-electron chi connectivity index (χ4n) is 3.95. The second kappa shape index (κ2) is 7.29. The maximum atomic E-state index is 11.8. The Labute approximate surface area is 166 Å². The Bertz CT molecular complexity index is 1080. The van der Waals surface area contributed by atoms with Crippen LogP contribution in [-0.4, -0.2) is 46.6 Å². The van der Waals surface area contributed by atoms with Gasteiger partial charge in [0.2, 0.25) is 10.0 Å². The topological polar surface area (TPSA) is 68.1 Å². The van der Waals surface area contributed by atoms with Crippen LogP contribution < -0.4 is 0 Å². The number of sulfonamides is 1. The number of hydrogen-bond donors (Lipinski definition) is 0. The Morgan fingerprint density at radius 2 is 1.79 bits per heavy atom. The molecule has 7 heteroatoms. The van der Waals surface area contributed by atoms with E-state index in [1.54, 1.807) is 4.31 Å². The van der Waals surface area contributed by atoms with Crippen molar-refractivity contribution in [3.05, 3.63) is 48.4 Å². The molecule has 0 atom stereocenters. The molecule has 0 aliphatic carbocycles. The first kappa shape index (κ1) is 19.1. The van der Waals surface area contributed by atoms with E-state index in [1.807, 2.05) is 24.5 Å². The van der Waals surface area contributed by atoms with Gasteiger partial charge in [-0.05, 0) is 32.8 Å². The molecule has 0 N–H and O–H groups in total. The quantitative estimate of drug-likeness (QED) is 0.670. The average molecular weight is 399 g/mol. The zero-order chi connectivity index (χ0) is 19.9. The standard InChI is InChI=1S/C21H26N4O2S/c1-15(2)25-14-22-21-19(25)13-18(23-20(21)17-7-5-4-6-8-17)16-9-11-24(12-10-16)28(3,26)27/h4-8,13-16H,9-12H2,1-3H3. The van der Waals surface area contributed by atoms with Crippen molar-refractivity contribution in [3.63, 3.8) is 0 Å². The molecule has 1 aliphatic heterocycles. The highest BCUT2D eigenvalue weighted by Gasteiger charge is 2.27. The van der Waals surface area contributed by atoms with Crippen molar-refractivity contribution in [3.8, 4) is 11.3 Å². The maximum absolute atomic E-state index is 11.8. The predicted octanol–water partition coefficient (Wildman–Crippen LogP) is 3.82. The van der Waals surface area contributed by atoms with Gasteiger partial charge in [0.15, 0.2) is 0 Å². The second-order valence-corrected chi connectivity index (χ2v) is 9.79. The summed E-state index contributed by atoms with van der Waals surface area (Å²) in [5.74, 6) is 0.250. The van der Waals surface area contributed by atoms with Crippen molar-refractivity contribution in [1.29, 1.82) is 0 Å². The number of aromatic nitrogens is 3. The summed E-state index contributed by atoms with van der Waals surface area (Å²) in [6.45, 7) is 5.39. The van der Waals surface area contributed by atoms with Crippen molar-refractivity contribution in [2.24, 2.45) is 0 Å². The lowest BCUT2D eigenvalue weighted by Crippen LogP contribution is -2.37. The van der Waals surface area contributed by atoms with Crippen molar-refractivity contribution in [1.82, 2.24) is 18.8 Å². The molecule has 1 aromatic carbocycles. The fourth-order valence-corrected chi connectivity index (χ4v) is 4.83. The molecule has 3 heterocycles. The minimum atomic E-state index is -3.13. The van der Waals surface area contributed by atoms with E-state index >= 15 is 0 Å². The van der Waals surface area contributed by atoms with Gasteiger partial charge in [0.05, 0.1) is 23.8 Å². The first-order valence-electron chi connectivity index (χ1n) is 9.72. The molecular formula is C21H26N4O2S. The molecule has 1 saturated heterocycles. The molecule has 1 fully saturated rings. The van der Waals surface area contributed by atoms with Gasteiger partial charge in [0.25, 0.3) is 0 Å². The van der Waals surface area contributed by atoms with Gasteiger partial charge >= 0.3 is 0 Å². The van der Waals surface area contributed by atoms with Gasteiger partial charge in [0.1, 0.15) is 5.52 Å². The van der Waals surface area contributed by atoms with Crippen LogP contribution in [-0.2, 0) is 10.0 Å². The third-order valence-electron chi connectivity index (χ3n) is 5.53. The summed E-state index contributed by atoms with van der Waals surface area (Å²) < 4.78 is 27.4. The smallest absolute Gasteiger partial charge is 0.211 e. The molecule has 0 bridgehead atoms. The van der Waals surface area contributed by atoms with Crippen LogP contribution in [0, 0.1) is 0 Å². The highest BCUT2D eigenvalue weighted by molar-refractivity contribution is 7.88. The summed E-state index contributed by atoms with van der Waals surface area (Å²) in [4.78, 5) is 9.67. The van der Waals surface area contributed by atoms with Gasteiger partial charge in [-0.1, -0.05) is 30.3 Å². The van der Waals surface area contributed by atoms with Crippen LogP contribution in [0.1, 0.15) is 44.3 Å². The van der Waals surface area contributed by atoms with E-state index in [0.717, 1.165) is 40.8 Å². The SMILES string of the molecule is CC(C)n1cnc2c(-c3ccccc3)nc(C3CCN(S(C)(=O)=O)CC3)cc21. The van der Waals surface area contributed by atoms with Crippen molar-refractivity contribution >= 4 is 21.1 Å². The number of imidazole rings is 1. The van der Waals surface area contributed by atoms with E-state index in [2.05, 4.69) is 41.6 Å². The number of fused-ring (bicyclic) bond motifs is 1. The molecule has 4 rings (SSSR count). The molecule has 2 aromatic heterocycles. The molecular weight excluding hydrogens is 372 g/mol. The van der Waals surface area contributed by atoms with Crippen LogP contribution in [0.2, 0.25) is 0 Å². The zero-order valence-corrected chi connectivity index (χ0v) is 17.4. The summed E-state index contributed by atoms with van der Waals surface area (Å²) in [5, 5.41) is 0. The number of pyridine rings is 1. The van der Waals surface area contributed by atoms with Gasteiger partial charge in [-0.25, -0.2) is 17.7 Å². The monoisotopic (exact) mass is 398 g/mol. The summed E-state index contributed by atoms with van der Waals surface area (Å²) in [7, 11) is -3.13. The molecule has 0 radical (unpaired) electrons. The molecule has 6 nitrogen and oxygen atoms in total. The predicted molar refractivity (Wildman–Crippen MR) is 112 cm³/mol. The normalized spacial score (nSPS) is 16.9. The molecule has 3 aromatic rings. The molecule has 28 heavy (non-hydrogen) atoms. The van der Waals surface area contributed by atoms with E-state index < -0.39 is 10.0 Å². The van der Waals surface area contributed by atoms with Crippen LogP contribution in [0.25, 0.3) is 22.3 Å². The van der Waals surface area contributed by atoms with Gasteiger partial charge in [0, 0.05) is 36.3 Å². The highest BCUT2D eigenvalue weighted by Crippen LogP contribution is 2.34. The molecule has 0 unspecified atom stereocenters. The summed E-state index contributed by atoms with van der Waals surface area (Å²) in [6.07, 6.45) is 4.75. The van der Waals surface area contributed by atoms with Crippen LogP contribution in [0.3, 0.4) is 0 Å². The fraction of sp³-hybridized carbons (Fsp3) is 0.429. The lowest BCUT2D eigenvalue weighted by molar-refractivity contribution is 0.319. The van der Waals surface area contributed by atoms with Crippen LogP contribution in [0.5, 0.6) is 0 Å². The largest absolute Gasteiger partial charge is 0.328 e. The highest BCUT2D eigenvalue weighted by atomic mass is 32.2. The van der Waals surface area contributed by atoms with Crippen LogP contribution >= 0.6 is 0 Å². The number of benzene rings is 1. The molecule has 1 aliphatic rings. The third kappa shape index (κ3) is 3.56. The molecule has 148 valence electrons.